The third-order valence-electron chi connectivity index (χ3n) is 8.28. The van der Waals surface area contributed by atoms with Gasteiger partial charge in [-0.15, -0.1) is 0 Å². The van der Waals surface area contributed by atoms with Crippen molar-refractivity contribution in [2.24, 2.45) is 0 Å². The molecule has 1 aromatic heterocycles. The summed E-state index contributed by atoms with van der Waals surface area (Å²) in [5.41, 5.74) is 11.4. The number of para-hydroxylation sites is 2. The van der Waals surface area contributed by atoms with Crippen LogP contribution in [0.5, 0.6) is 0 Å². The molecule has 0 unspecified atom stereocenters. The Balaban J connectivity index is 1.53. The lowest BCUT2D eigenvalue weighted by Crippen LogP contribution is -2.38. The molecule has 7 rings (SSSR count). The van der Waals surface area contributed by atoms with E-state index in [1.165, 1.54) is 55.7 Å². The SMILES string of the molecule is CC1(C)c2ccccc2N2c3ccc(-c4nccc5ccccc45)cc3C(C)(C)c3cccc1c32. The quantitative estimate of drug-likeness (QED) is 0.253. The van der Waals surface area contributed by atoms with E-state index in [2.05, 4.69) is 124 Å². The molecule has 0 aliphatic carbocycles. The molecule has 0 bridgehead atoms. The highest BCUT2D eigenvalue weighted by Gasteiger charge is 2.45. The van der Waals surface area contributed by atoms with Crippen molar-refractivity contribution < 1.29 is 0 Å². The molecule has 35 heavy (non-hydrogen) atoms. The number of rotatable bonds is 1. The summed E-state index contributed by atoms with van der Waals surface area (Å²) in [6, 6.07) is 33.3. The predicted octanol–water partition coefficient (Wildman–Crippen LogP) is 8.65. The molecule has 4 aromatic carbocycles. The van der Waals surface area contributed by atoms with Gasteiger partial charge in [-0.2, -0.15) is 0 Å². The van der Waals surface area contributed by atoms with Crippen LogP contribution in [-0.4, -0.2) is 4.98 Å². The van der Waals surface area contributed by atoms with Gasteiger partial charge in [0.05, 0.1) is 22.8 Å². The molecule has 0 atom stereocenters. The van der Waals surface area contributed by atoms with Crippen LogP contribution < -0.4 is 4.90 Å². The zero-order valence-corrected chi connectivity index (χ0v) is 20.6. The lowest BCUT2D eigenvalue weighted by molar-refractivity contribution is 0.597. The summed E-state index contributed by atoms with van der Waals surface area (Å²) in [6.45, 7) is 9.45. The van der Waals surface area contributed by atoms with Crippen LogP contribution in [0.4, 0.5) is 17.1 Å². The lowest BCUT2D eigenvalue weighted by atomic mass is 9.66. The van der Waals surface area contributed by atoms with Gasteiger partial charge >= 0.3 is 0 Å². The topological polar surface area (TPSA) is 16.1 Å². The normalized spacial score (nSPS) is 16.4. The molecule has 0 N–H and O–H groups in total. The van der Waals surface area contributed by atoms with Gasteiger partial charge in [-0.25, -0.2) is 0 Å². The summed E-state index contributed by atoms with van der Waals surface area (Å²) < 4.78 is 0. The van der Waals surface area contributed by atoms with E-state index in [0.29, 0.717) is 0 Å². The number of hydrogen-bond donors (Lipinski definition) is 0. The van der Waals surface area contributed by atoms with Crippen molar-refractivity contribution in [2.45, 2.75) is 38.5 Å². The zero-order chi connectivity index (χ0) is 23.9. The maximum absolute atomic E-state index is 4.82. The minimum absolute atomic E-state index is 0.0567. The Labute approximate surface area is 206 Å². The molecular formula is C33H28N2. The second-order valence-corrected chi connectivity index (χ2v) is 10.9. The van der Waals surface area contributed by atoms with Gasteiger partial charge in [-0.05, 0) is 51.9 Å². The van der Waals surface area contributed by atoms with Gasteiger partial charge in [0, 0.05) is 28.0 Å². The number of benzene rings is 4. The number of anilines is 3. The maximum Gasteiger partial charge on any atom is 0.0780 e. The largest absolute Gasteiger partial charge is 0.309 e. The van der Waals surface area contributed by atoms with Gasteiger partial charge in [-0.3, -0.25) is 4.98 Å². The van der Waals surface area contributed by atoms with E-state index >= 15 is 0 Å². The van der Waals surface area contributed by atoms with Gasteiger partial charge in [0.1, 0.15) is 0 Å². The molecule has 2 nitrogen and oxygen atoms in total. The summed E-state index contributed by atoms with van der Waals surface area (Å²) in [7, 11) is 0. The summed E-state index contributed by atoms with van der Waals surface area (Å²) >= 11 is 0. The van der Waals surface area contributed by atoms with E-state index in [0.717, 1.165) is 5.69 Å². The van der Waals surface area contributed by atoms with Gasteiger partial charge in [0.2, 0.25) is 0 Å². The van der Waals surface area contributed by atoms with Crippen LogP contribution in [0.15, 0.2) is 97.2 Å². The Morgan fingerprint density at radius 2 is 1.26 bits per heavy atom. The van der Waals surface area contributed by atoms with Gasteiger partial charge in [0.15, 0.2) is 0 Å². The number of fused-ring (bicyclic) bond motifs is 5. The zero-order valence-electron chi connectivity index (χ0n) is 20.6. The minimum Gasteiger partial charge on any atom is -0.309 e. The molecule has 0 saturated heterocycles. The number of hydrogen-bond acceptors (Lipinski definition) is 2. The monoisotopic (exact) mass is 452 g/mol. The molecule has 170 valence electrons. The highest BCUT2D eigenvalue weighted by molar-refractivity contribution is 5.97. The molecule has 2 aliphatic heterocycles. The molecule has 0 spiro atoms. The maximum atomic E-state index is 4.82. The Bertz CT molecular complexity index is 1650. The van der Waals surface area contributed by atoms with E-state index in [-0.39, 0.29) is 10.8 Å². The molecule has 0 amide bonds. The summed E-state index contributed by atoms with van der Waals surface area (Å²) in [5, 5.41) is 2.41. The molecule has 2 aliphatic rings. The highest BCUT2D eigenvalue weighted by atomic mass is 15.2. The molecule has 3 heterocycles. The number of nitrogens with zero attached hydrogens (tertiary/aromatic N) is 2. The first-order valence-corrected chi connectivity index (χ1v) is 12.4. The molecule has 0 radical (unpaired) electrons. The van der Waals surface area contributed by atoms with Crippen molar-refractivity contribution in [1.29, 1.82) is 0 Å². The first-order chi connectivity index (χ1) is 16.9. The molecule has 2 heteroatoms. The highest BCUT2D eigenvalue weighted by Crippen LogP contribution is 2.60. The third kappa shape index (κ3) is 2.63. The Hall–Kier alpha value is -3.91. The van der Waals surface area contributed by atoms with Crippen molar-refractivity contribution >= 4 is 27.8 Å². The van der Waals surface area contributed by atoms with Crippen LogP contribution in [0.2, 0.25) is 0 Å². The average molecular weight is 453 g/mol. The van der Waals surface area contributed by atoms with Crippen molar-refractivity contribution in [1.82, 2.24) is 4.98 Å². The Kier molecular flexibility index (Phi) is 3.99. The smallest absolute Gasteiger partial charge is 0.0780 e. The van der Waals surface area contributed by atoms with Gasteiger partial charge in [0.25, 0.3) is 0 Å². The third-order valence-corrected chi connectivity index (χ3v) is 8.28. The van der Waals surface area contributed by atoms with Crippen LogP contribution in [0.25, 0.3) is 22.0 Å². The first kappa shape index (κ1) is 20.5. The van der Waals surface area contributed by atoms with Gasteiger partial charge in [-0.1, -0.05) is 94.4 Å². The van der Waals surface area contributed by atoms with Crippen molar-refractivity contribution in [3.63, 3.8) is 0 Å². The molecule has 0 saturated carbocycles. The lowest BCUT2D eigenvalue weighted by Gasteiger charge is -2.49. The van der Waals surface area contributed by atoms with Crippen LogP contribution in [-0.2, 0) is 10.8 Å². The van der Waals surface area contributed by atoms with Crippen LogP contribution in [0, 0.1) is 0 Å². The average Bonchev–Trinajstić information content (AvgIpc) is 2.88. The predicted molar refractivity (Wildman–Crippen MR) is 146 cm³/mol. The van der Waals surface area contributed by atoms with Crippen molar-refractivity contribution in [3.8, 4) is 11.3 Å². The van der Waals surface area contributed by atoms with E-state index in [1.54, 1.807) is 0 Å². The summed E-state index contributed by atoms with van der Waals surface area (Å²) in [5.74, 6) is 0. The standard InChI is InChI=1S/C33H28N2/c1-32(2)24-12-7-8-15-28(24)35-29-17-16-22(30-23-11-6-5-10-21(23)18-19-34-30)20-27(29)33(3,4)26-14-9-13-25(32)31(26)35/h5-20H,1-4H3. The summed E-state index contributed by atoms with van der Waals surface area (Å²) in [6.07, 6.45) is 1.92. The molecule has 0 fully saturated rings. The fraction of sp³-hybridized carbons (Fsp3) is 0.182. The van der Waals surface area contributed by atoms with Crippen LogP contribution in [0.1, 0.15) is 49.9 Å². The van der Waals surface area contributed by atoms with Crippen LogP contribution in [0.3, 0.4) is 0 Å². The van der Waals surface area contributed by atoms with Crippen molar-refractivity contribution in [3.05, 3.63) is 119 Å². The number of pyridine rings is 1. The summed E-state index contributed by atoms with van der Waals surface area (Å²) in [4.78, 5) is 7.33. The Morgan fingerprint density at radius 1 is 0.600 bits per heavy atom. The number of aromatic nitrogens is 1. The van der Waals surface area contributed by atoms with E-state index in [4.69, 9.17) is 4.98 Å². The fourth-order valence-electron chi connectivity index (χ4n) is 6.38. The Morgan fingerprint density at radius 3 is 2.09 bits per heavy atom. The van der Waals surface area contributed by atoms with Crippen LogP contribution >= 0.6 is 0 Å². The van der Waals surface area contributed by atoms with Gasteiger partial charge < -0.3 is 4.90 Å². The second-order valence-electron chi connectivity index (χ2n) is 10.9. The first-order valence-electron chi connectivity index (χ1n) is 12.4. The van der Waals surface area contributed by atoms with E-state index < -0.39 is 0 Å². The minimum atomic E-state index is -0.139. The molecule has 5 aromatic rings. The molecular weight excluding hydrogens is 424 g/mol. The van der Waals surface area contributed by atoms with E-state index in [9.17, 15) is 0 Å². The van der Waals surface area contributed by atoms with Crippen molar-refractivity contribution in [2.75, 3.05) is 4.90 Å². The second kappa shape index (κ2) is 6.82. The van der Waals surface area contributed by atoms with E-state index in [1.807, 2.05) is 6.20 Å². The fourth-order valence-corrected chi connectivity index (χ4v) is 6.38.